The van der Waals surface area contributed by atoms with Crippen LogP contribution >= 0.6 is 11.8 Å². The molecule has 96 valence electrons. The second-order valence-electron chi connectivity index (χ2n) is 4.23. The first-order valence-corrected chi connectivity index (χ1v) is 6.47. The van der Waals surface area contributed by atoms with Crippen LogP contribution in [0.2, 0.25) is 0 Å². The van der Waals surface area contributed by atoms with Gasteiger partial charge >= 0.3 is 6.18 Å². The molecule has 0 spiro atoms. The SMILES string of the molecule is N#CCSC1=C(C(=O)C(F)(F)F)C2C=CC1CC2. The zero-order chi connectivity index (χ0) is 13.3. The summed E-state index contributed by atoms with van der Waals surface area (Å²) >= 11 is 1.06. The van der Waals surface area contributed by atoms with Gasteiger partial charge in [-0.05, 0) is 12.8 Å². The third kappa shape index (κ3) is 2.32. The highest BCUT2D eigenvalue weighted by atomic mass is 32.2. The van der Waals surface area contributed by atoms with Crippen molar-refractivity contribution in [3.05, 3.63) is 22.6 Å². The molecule has 0 radical (unpaired) electrons. The quantitative estimate of drug-likeness (QED) is 0.741. The molecule has 0 saturated carbocycles. The summed E-state index contributed by atoms with van der Waals surface area (Å²) in [5, 5.41) is 8.53. The number of nitrogens with zero attached hydrogens (tertiary/aromatic N) is 1. The lowest BCUT2D eigenvalue weighted by atomic mass is 9.75. The molecule has 6 heteroatoms. The number of halogens is 3. The lowest BCUT2D eigenvalue weighted by Crippen LogP contribution is -2.33. The number of carbonyl (C=O) groups excluding carboxylic acids is 1. The minimum atomic E-state index is -4.83. The third-order valence-corrected chi connectivity index (χ3v) is 4.24. The second-order valence-corrected chi connectivity index (χ2v) is 5.24. The molecule has 0 heterocycles. The number of allylic oxidation sites excluding steroid dienone is 4. The molecule has 0 fully saturated rings. The van der Waals surface area contributed by atoms with Gasteiger partial charge < -0.3 is 0 Å². The Kier molecular flexibility index (Phi) is 3.53. The fraction of sp³-hybridized carbons (Fsp3) is 0.500. The van der Waals surface area contributed by atoms with Crippen LogP contribution in [0.25, 0.3) is 0 Å². The number of thioether (sulfide) groups is 1. The van der Waals surface area contributed by atoms with Gasteiger partial charge in [0, 0.05) is 22.3 Å². The van der Waals surface area contributed by atoms with Gasteiger partial charge in [0.15, 0.2) is 0 Å². The van der Waals surface area contributed by atoms with E-state index < -0.39 is 17.9 Å². The van der Waals surface area contributed by atoms with E-state index in [1.807, 2.05) is 12.1 Å². The second kappa shape index (κ2) is 4.81. The molecule has 3 aliphatic carbocycles. The smallest absolute Gasteiger partial charge is 0.284 e. The van der Waals surface area contributed by atoms with E-state index in [0.717, 1.165) is 18.2 Å². The first kappa shape index (κ1) is 13.2. The molecule has 2 unspecified atom stereocenters. The molecule has 0 amide bonds. The van der Waals surface area contributed by atoms with E-state index in [1.54, 1.807) is 6.08 Å². The first-order valence-electron chi connectivity index (χ1n) is 5.48. The number of Topliss-reactive ketones (excluding diaryl/α,β-unsaturated/α-hetero) is 1. The predicted molar refractivity (Wildman–Crippen MR) is 61.5 cm³/mol. The van der Waals surface area contributed by atoms with Crippen LogP contribution in [0.5, 0.6) is 0 Å². The van der Waals surface area contributed by atoms with Crippen LogP contribution in [0.15, 0.2) is 22.6 Å². The number of ketones is 1. The molecule has 0 saturated heterocycles. The number of hydrogen-bond acceptors (Lipinski definition) is 3. The molecule has 0 aromatic rings. The monoisotopic (exact) mass is 273 g/mol. The summed E-state index contributed by atoms with van der Waals surface area (Å²) in [4.78, 5) is 11.9. The fourth-order valence-corrected chi connectivity index (χ4v) is 3.42. The lowest BCUT2D eigenvalue weighted by molar-refractivity contribution is -0.167. The van der Waals surface area contributed by atoms with E-state index >= 15 is 0 Å². The van der Waals surface area contributed by atoms with Crippen LogP contribution in [0.3, 0.4) is 0 Å². The Balaban J connectivity index is 2.38. The normalized spacial score (nSPS) is 26.3. The highest BCUT2D eigenvalue weighted by Crippen LogP contribution is 2.47. The Hall–Kier alpha value is -1.22. The molecule has 0 aliphatic heterocycles. The van der Waals surface area contributed by atoms with Crippen molar-refractivity contribution in [2.75, 3.05) is 5.75 Å². The maximum Gasteiger partial charge on any atom is 0.454 e. The van der Waals surface area contributed by atoms with E-state index in [0.29, 0.717) is 11.3 Å². The Bertz CT molecular complexity index is 473. The number of alkyl halides is 3. The Labute approximate surface area is 107 Å². The summed E-state index contributed by atoms with van der Waals surface area (Å²) in [7, 11) is 0. The Morgan fingerprint density at radius 1 is 1.39 bits per heavy atom. The number of rotatable bonds is 3. The molecule has 3 aliphatic rings. The van der Waals surface area contributed by atoms with Gasteiger partial charge in [0.2, 0.25) is 0 Å². The lowest BCUT2D eigenvalue weighted by Gasteiger charge is -2.34. The maximum atomic E-state index is 12.6. The number of fused-ring (bicyclic) bond motifs is 1. The molecule has 18 heavy (non-hydrogen) atoms. The number of carbonyl (C=O) groups is 1. The highest BCUT2D eigenvalue weighted by molar-refractivity contribution is 8.03. The first-order chi connectivity index (χ1) is 8.45. The molecule has 0 aromatic heterocycles. The summed E-state index contributed by atoms with van der Waals surface area (Å²) in [5.74, 6) is -2.25. The van der Waals surface area contributed by atoms with Gasteiger partial charge in [-0.3, -0.25) is 4.79 Å². The Morgan fingerprint density at radius 3 is 2.50 bits per heavy atom. The van der Waals surface area contributed by atoms with Crippen LogP contribution in [-0.4, -0.2) is 17.7 Å². The highest BCUT2D eigenvalue weighted by Gasteiger charge is 2.46. The topological polar surface area (TPSA) is 40.9 Å². The van der Waals surface area contributed by atoms with Crippen molar-refractivity contribution >= 4 is 17.5 Å². The van der Waals surface area contributed by atoms with E-state index in [4.69, 9.17) is 5.26 Å². The molecule has 3 rings (SSSR count). The van der Waals surface area contributed by atoms with E-state index in [1.165, 1.54) is 0 Å². The predicted octanol–water partition coefficient (Wildman–Crippen LogP) is 3.22. The van der Waals surface area contributed by atoms with Gasteiger partial charge in [0.25, 0.3) is 5.78 Å². The zero-order valence-corrected chi connectivity index (χ0v) is 10.1. The minimum Gasteiger partial charge on any atom is -0.284 e. The summed E-state index contributed by atoms with van der Waals surface area (Å²) in [5.41, 5.74) is -0.137. The number of hydrogen-bond donors (Lipinski definition) is 0. The van der Waals surface area contributed by atoms with E-state index in [9.17, 15) is 18.0 Å². The van der Waals surface area contributed by atoms with Crippen molar-refractivity contribution in [2.24, 2.45) is 11.8 Å². The van der Waals surface area contributed by atoms with Crippen LogP contribution < -0.4 is 0 Å². The molecular formula is C12H10F3NOS. The van der Waals surface area contributed by atoms with Crippen LogP contribution in [0.4, 0.5) is 13.2 Å². The van der Waals surface area contributed by atoms with Crippen molar-refractivity contribution in [3.8, 4) is 6.07 Å². The van der Waals surface area contributed by atoms with Gasteiger partial charge in [0.05, 0.1) is 11.8 Å². The van der Waals surface area contributed by atoms with Crippen molar-refractivity contribution in [3.63, 3.8) is 0 Å². The van der Waals surface area contributed by atoms with Gasteiger partial charge in [0.1, 0.15) is 0 Å². The molecule has 2 bridgehead atoms. The Morgan fingerprint density at radius 2 is 2.00 bits per heavy atom. The van der Waals surface area contributed by atoms with E-state index in [-0.39, 0.29) is 17.2 Å². The molecular weight excluding hydrogens is 263 g/mol. The van der Waals surface area contributed by atoms with E-state index in [2.05, 4.69) is 0 Å². The van der Waals surface area contributed by atoms with Crippen LogP contribution in [0, 0.1) is 23.2 Å². The van der Waals surface area contributed by atoms with Gasteiger partial charge in [-0.2, -0.15) is 18.4 Å². The molecule has 2 nitrogen and oxygen atoms in total. The van der Waals surface area contributed by atoms with Crippen LogP contribution in [0.1, 0.15) is 12.8 Å². The van der Waals surface area contributed by atoms with Crippen molar-refractivity contribution in [1.29, 1.82) is 5.26 Å². The summed E-state index contributed by atoms with van der Waals surface area (Å²) in [6.45, 7) is 0. The fourth-order valence-electron chi connectivity index (χ4n) is 2.39. The summed E-state index contributed by atoms with van der Waals surface area (Å²) in [6, 6.07) is 1.88. The zero-order valence-electron chi connectivity index (χ0n) is 9.33. The van der Waals surface area contributed by atoms with Gasteiger partial charge in [-0.25, -0.2) is 0 Å². The molecule has 0 N–H and O–H groups in total. The van der Waals surface area contributed by atoms with Crippen molar-refractivity contribution in [2.45, 2.75) is 19.0 Å². The minimum absolute atomic E-state index is 0.0705. The molecule has 0 aromatic carbocycles. The standard InChI is InChI=1S/C12H10F3NOS/c13-12(14,15)11(17)9-7-1-3-8(4-2-7)10(9)18-6-5-16/h1,3,7-8H,2,4,6H2. The van der Waals surface area contributed by atoms with Gasteiger partial charge in [-0.15, -0.1) is 11.8 Å². The average Bonchev–Trinajstić information content (AvgIpc) is 2.35. The largest absolute Gasteiger partial charge is 0.454 e. The average molecular weight is 273 g/mol. The van der Waals surface area contributed by atoms with Crippen molar-refractivity contribution in [1.82, 2.24) is 0 Å². The maximum absolute atomic E-state index is 12.6. The van der Waals surface area contributed by atoms with Gasteiger partial charge in [-0.1, -0.05) is 12.2 Å². The van der Waals surface area contributed by atoms with Crippen LogP contribution in [-0.2, 0) is 4.79 Å². The number of nitriles is 1. The summed E-state index contributed by atoms with van der Waals surface area (Å²) < 4.78 is 37.7. The van der Waals surface area contributed by atoms with Crippen molar-refractivity contribution < 1.29 is 18.0 Å². The third-order valence-electron chi connectivity index (χ3n) is 3.13. The molecule has 2 atom stereocenters. The summed E-state index contributed by atoms with van der Waals surface area (Å²) in [6.07, 6.45) is 0.0300.